The maximum Gasteiger partial charge on any atom is 0.156 e. The molecule has 3 aromatic heterocycles. The van der Waals surface area contributed by atoms with E-state index in [0.29, 0.717) is 59.7 Å². The highest BCUT2D eigenvalue weighted by molar-refractivity contribution is 5.83. The Labute approximate surface area is 212 Å². The molecule has 0 saturated carbocycles. The van der Waals surface area contributed by atoms with Crippen molar-refractivity contribution in [3.8, 4) is 11.3 Å². The number of pyridine rings is 1. The highest BCUT2D eigenvalue weighted by Gasteiger charge is 2.28. The summed E-state index contributed by atoms with van der Waals surface area (Å²) >= 11 is 0. The van der Waals surface area contributed by atoms with Crippen molar-refractivity contribution in [2.24, 2.45) is 7.05 Å². The molecule has 2 N–H and O–H groups in total. The smallest absolute Gasteiger partial charge is 0.156 e. The molecule has 1 aliphatic rings. The number of aromatic nitrogens is 5. The van der Waals surface area contributed by atoms with Crippen LogP contribution in [0.3, 0.4) is 0 Å². The van der Waals surface area contributed by atoms with Gasteiger partial charge in [-0.05, 0) is 44.9 Å². The molecule has 1 atom stereocenters. The van der Waals surface area contributed by atoms with Gasteiger partial charge < -0.3 is 15.1 Å². The van der Waals surface area contributed by atoms with E-state index in [2.05, 4.69) is 15.0 Å². The van der Waals surface area contributed by atoms with E-state index in [-0.39, 0.29) is 0 Å². The van der Waals surface area contributed by atoms with Crippen molar-refractivity contribution in [1.82, 2.24) is 24.7 Å². The molecule has 37 heavy (non-hydrogen) atoms. The third-order valence-corrected chi connectivity index (χ3v) is 6.51. The van der Waals surface area contributed by atoms with Crippen molar-refractivity contribution in [3.05, 3.63) is 71.3 Å². The zero-order chi connectivity index (χ0) is 26.3. The number of halogens is 2. The summed E-state index contributed by atoms with van der Waals surface area (Å²) in [5.74, 6) is -0.505. The minimum Gasteiger partial charge on any atom is -0.387 e. The van der Waals surface area contributed by atoms with Gasteiger partial charge in [-0.25, -0.2) is 18.7 Å². The van der Waals surface area contributed by atoms with Crippen LogP contribution in [0.1, 0.15) is 44.1 Å². The number of hydrogen-bond donors (Lipinski definition) is 2. The molecule has 4 aromatic rings. The number of anilines is 1. The average molecular weight is 507 g/mol. The molecule has 0 aliphatic carbocycles. The van der Waals surface area contributed by atoms with Gasteiger partial charge in [-0.15, -0.1) is 0 Å². The monoisotopic (exact) mass is 506 g/mol. The zero-order valence-electron chi connectivity index (χ0n) is 20.9. The van der Waals surface area contributed by atoms with E-state index in [9.17, 15) is 19.0 Å². The number of aliphatic hydroxyl groups excluding tert-OH is 1. The van der Waals surface area contributed by atoms with Crippen LogP contribution < -0.4 is 4.90 Å². The summed E-state index contributed by atoms with van der Waals surface area (Å²) in [6.07, 6.45) is 7.11. The Bertz CT molecular complexity index is 1480. The van der Waals surface area contributed by atoms with E-state index in [1.165, 1.54) is 26.0 Å². The molecule has 1 aliphatic heterocycles. The van der Waals surface area contributed by atoms with Crippen molar-refractivity contribution in [3.63, 3.8) is 0 Å². The second-order valence-corrected chi connectivity index (χ2v) is 9.91. The molecular weight excluding hydrogens is 478 g/mol. The fourth-order valence-corrected chi connectivity index (χ4v) is 4.42. The molecule has 1 fully saturated rings. The van der Waals surface area contributed by atoms with Crippen molar-refractivity contribution < 1.29 is 19.0 Å². The largest absolute Gasteiger partial charge is 0.387 e. The molecule has 192 valence electrons. The van der Waals surface area contributed by atoms with Crippen molar-refractivity contribution in [2.75, 3.05) is 18.0 Å². The topological polar surface area (TPSA) is 100 Å². The first-order valence-electron chi connectivity index (χ1n) is 12.0. The summed E-state index contributed by atoms with van der Waals surface area (Å²) in [4.78, 5) is 16.2. The van der Waals surface area contributed by atoms with Crippen LogP contribution in [0.2, 0.25) is 0 Å². The fourth-order valence-electron chi connectivity index (χ4n) is 4.42. The Morgan fingerprint density at radius 3 is 2.46 bits per heavy atom. The molecular formula is C27H28F2N6O2. The van der Waals surface area contributed by atoms with Crippen molar-refractivity contribution in [2.45, 2.75) is 38.4 Å². The van der Waals surface area contributed by atoms with E-state index < -0.39 is 23.3 Å². The summed E-state index contributed by atoms with van der Waals surface area (Å²) in [6.45, 7) is 4.30. The number of fused-ring (bicyclic) bond motifs is 1. The third kappa shape index (κ3) is 5.21. The summed E-state index contributed by atoms with van der Waals surface area (Å²) in [7, 11) is 1.83. The average Bonchev–Trinajstić information content (AvgIpc) is 3.30. The van der Waals surface area contributed by atoms with Crippen molar-refractivity contribution >= 4 is 22.9 Å². The lowest BCUT2D eigenvalue weighted by Gasteiger charge is -2.31. The van der Waals surface area contributed by atoms with Crippen LogP contribution in [0, 0.1) is 11.6 Å². The van der Waals surface area contributed by atoms with Gasteiger partial charge in [0.15, 0.2) is 5.82 Å². The van der Waals surface area contributed by atoms with Crippen LogP contribution in [-0.4, -0.2) is 53.6 Å². The highest BCUT2D eigenvalue weighted by atomic mass is 19.1. The maximum absolute atomic E-state index is 14.1. The maximum atomic E-state index is 14.1. The third-order valence-electron chi connectivity index (χ3n) is 6.51. The summed E-state index contributed by atoms with van der Waals surface area (Å²) in [5, 5.41) is 25.0. The Morgan fingerprint density at radius 1 is 1.05 bits per heavy atom. The van der Waals surface area contributed by atoms with E-state index >= 15 is 0 Å². The molecule has 0 spiro atoms. The first kappa shape index (κ1) is 24.9. The molecule has 8 nitrogen and oxygen atoms in total. The second kappa shape index (κ2) is 9.60. The van der Waals surface area contributed by atoms with Crippen LogP contribution >= 0.6 is 0 Å². The van der Waals surface area contributed by atoms with Gasteiger partial charge in [0.25, 0.3) is 0 Å². The summed E-state index contributed by atoms with van der Waals surface area (Å²) in [5.41, 5.74) is 2.95. The van der Waals surface area contributed by atoms with Crippen LogP contribution in [0.15, 0.2) is 48.4 Å². The van der Waals surface area contributed by atoms with Gasteiger partial charge in [-0.1, -0.05) is 11.6 Å². The minimum atomic E-state index is -1.37. The molecule has 0 amide bonds. The van der Waals surface area contributed by atoms with Crippen LogP contribution in [0.25, 0.3) is 28.4 Å². The van der Waals surface area contributed by atoms with Gasteiger partial charge in [-0.2, -0.15) is 5.10 Å². The normalized spacial score (nSPS) is 15.3. The van der Waals surface area contributed by atoms with Gasteiger partial charge in [0.05, 0.1) is 29.2 Å². The van der Waals surface area contributed by atoms with Crippen LogP contribution in [0.5, 0.6) is 0 Å². The number of piperidine rings is 1. The minimum absolute atomic E-state index is 0.305. The fraction of sp³-hybridized carbons (Fsp3) is 0.333. The van der Waals surface area contributed by atoms with Gasteiger partial charge in [0, 0.05) is 43.5 Å². The summed E-state index contributed by atoms with van der Waals surface area (Å²) in [6, 6.07) is 5.25. The van der Waals surface area contributed by atoms with E-state index in [4.69, 9.17) is 9.97 Å². The predicted molar refractivity (Wildman–Crippen MR) is 137 cm³/mol. The number of aliphatic hydroxyl groups is 2. The molecule has 0 unspecified atom stereocenters. The van der Waals surface area contributed by atoms with Gasteiger partial charge >= 0.3 is 0 Å². The number of rotatable bonds is 5. The molecule has 1 aromatic carbocycles. The Kier molecular flexibility index (Phi) is 6.47. The molecule has 1 saturated heterocycles. The number of benzene rings is 1. The zero-order valence-corrected chi connectivity index (χ0v) is 20.9. The first-order chi connectivity index (χ1) is 17.6. The van der Waals surface area contributed by atoms with E-state index in [0.717, 1.165) is 17.2 Å². The molecule has 0 radical (unpaired) electrons. The SMILES string of the molecule is Cn1cc(-c2nc3cnc([C@H](O)C(C)(C)O)cc3nc2N2CCC(=Cc3ccc(F)cc3F)CC2)cn1. The number of nitrogens with zero attached hydrogens (tertiary/aromatic N) is 6. The second-order valence-electron chi connectivity index (χ2n) is 9.91. The van der Waals surface area contributed by atoms with Gasteiger partial charge in [0.1, 0.15) is 28.9 Å². The number of hydrogen-bond acceptors (Lipinski definition) is 7. The van der Waals surface area contributed by atoms with Crippen molar-refractivity contribution in [1.29, 1.82) is 0 Å². The molecule has 10 heteroatoms. The molecule has 4 heterocycles. The summed E-state index contributed by atoms with van der Waals surface area (Å²) < 4.78 is 29.1. The Balaban J connectivity index is 1.50. The van der Waals surface area contributed by atoms with E-state index in [1.54, 1.807) is 29.2 Å². The van der Waals surface area contributed by atoms with Gasteiger partial charge in [0.2, 0.25) is 0 Å². The molecule has 5 rings (SSSR count). The van der Waals surface area contributed by atoms with Gasteiger partial charge in [-0.3, -0.25) is 9.67 Å². The quantitative estimate of drug-likeness (QED) is 0.419. The predicted octanol–water partition coefficient (Wildman–Crippen LogP) is 4.19. The lowest BCUT2D eigenvalue weighted by Crippen LogP contribution is -2.32. The van der Waals surface area contributed by atoms with Crippen LogP contribution in [0.4, 0.5) is 14.6 Å². The standard InChI is InChI=1S/C27H28F2N6O2/c1-27(2,37)25(36)22-12-21-23(14-30-22)32-24(18-13-31-34(3)15-18)26(33-21)35-8-6-16(7-9-35)10-17-4-5-19(28)11-20(17)29/h4-5,10-15,25,36-37H,6-9H2,1-3H3/t25-/m0/s1. The lowest BCUT2D eigenvalue weighted by molar-refractivity contribution is -0.0516. The van der Waals surface area contributed by atoms with Crippen LogP contribution in [-0.2, 0) is 7.05 Å². The molecule has 0 bridgehead atoms. The Morgan fingerprint density at radius 2 is 1.81 bits per heavy atom. The lowest BCUT2D eigenvalue weighted by atomic mass is 9.98. The highest BCUT2D eigenvalue weighted by Crippen LogP contribution is 2.33. The van der Waals surface area contributed by atoms with E-state index in [1.807, 2.05) is 13.2 Å². The Hall–Kier alpha value is -3.76. The first-order valence-corrected chi connectivity index (χ1v) is 12.0. The number of aryl methyl sites for hydroxylation is 1.